The number of nitrogens with two attached hydrogens (primary N) is 1. The van der Waals surface area contributed by atoms with Crippen molar-refractivity contribution in [2.75, 3.05) is 23.8 Å². The van der Waals surface area contributed by atoms with Gasteiger partial charge in [0.2, 0.25) is 11.8 Å². The smallest absolute Gasteiger partial charge is 0.238 e. The molecule has 2 amide bonds. The van der Waals surface area contributed by atoms with E-state index in [4.69, 9.17) is 14.9 Å². The Balaban J connectivity index is 1.03. The summed E-state index contributed by atoms with van der Waals surface area (Å²) in [4.78, 5) is 50.3. The number of nitrogens with one attached hydrogen (secondary N) is 2. The van der Waals surface area contributed by atoms with E-state index in [9.17, 15) is 19.2 Å². The van der Waals surface area contributed by atoms with Crippen molar-refractivity contribution in [1.82, 2.24) is 0 Å². The van der Waals surface area contributed by atoms with E-state index in [0.717, 1.165) is 64.2 Å². The summed E-state index contributed by atoms with van der Waals surface area (Å²) >= 11 is 0. The quantitative estimate of drug-likeness (QED) is 0.0705. The Morgan fingerprint density at radius 3 is 2.02 bits per heavy atom. The number of carbonyl (C=O) groups excluding carboxylic acids is 4. The third kappa shape index (κ3) is 9.30. The summed E-state index contributed by atoms with van der Waals surface area (Å²) in [6.07, 6.45) is 13.4. The second-order valence-corrected chi connectivity index (χ2v) is 24.6. The lowest BCUT2D eigenvalue weighted by molar-refractivity contribution is -0.133. The lowest BCUT2D eigenvalue weighted by atomic mass is 9.46. The minimum atomic E-state index is -1.90. The van der Waals surface area contributed by atoms with Crippen molar-refractivity contribution in [2.24, 2.45) is 40.2 Å². The first kappa shape index (κ1) is 44.1. The van der Waals surface area contributed by atoms with Crippen LogP contribution in [0.1, 0.15) is 128 Å². The first-order valence-corrected chi connectivity index (χ1v) is 24.8. The standard InChI is InChI=1S/C48H69N3O6Si/c1-31(52)38-21-22-39-44-40(24-26-48(38,39)6)47(5)25-23-37(57-58(7,8)46(2,3)4)28-34(47)29-41(44)56-27-11-9-10-12-42(53)50-35-17-13-32(14-18-35)45(55)33-15-19-36(20-16-33)51-43(54)30-49/h13-20,29,37-41,44H,9-12,21-28,30,49H2,1-8H3,(H,50,53)(H,51,54)/t37-,38+,39-,40-,41+,44-,47-,48+/m0/s1. The highest BCUT2D eigenvalue weighted by Gasteiger charge is 2.62. The third-order valence-electron chi connectivity index (χ3n) is 15.2. The highest BCUT2D eigenvalue weighted by atomic mass is 28.4. The molecule has 4 aliphatic rings. The molecule has 6 rings (SSSR count). The predicted octanol–water partition coefficient (Wildman–Crippen LogP) is 9.87. The fourth-order valence-electron chi connectivity index (χ4n) is 10.9. The van der Waals surface area contributed by atoms with Crippen molar-refractivity contribution < 1.29 is 28.3 Å². The van der Waals surface area contributed by atoms with Gasteiger partial charge in [0.1, 0.15) is 5.78 Å². The number of hydrogen-bond donors (Lipinski definition) is 3. The molecular weight excluding hydrogens is 743 g/mol. The highest BCUT2D eigenvalue weighted by Crippen LogP contribution is 2.67. The number of carbonyl (C=O) groups is 4. The number of fused-ring (bicyclic) bond motifs is 5. The van der Waals surface area contributed by atoms with Gasteiger partial charge in [-0.1, -0.05) is 52.7 Å². The molecule has 3 saturated carbocycles. The maximum atomic E-state index is 13.0. The van der Waals surface area contributed by atoms with Crippen molar-refractivity contribution in [3.8, 4) is 0 Å². The van der Waals surface area contributed by atoms with Gasteiger partial charge in [-0.2, -0.15) is 0 Å². The Kier molecular flexibility index (Phi) is 13.4. The minimum Gasteiger partial charge on any atom is -0.414 e. The van der Waals surface area contributed by atoms with Crippen LogP contribution in [0.2, 0.25) is 18.1 Å². The molecule has 58 heavy (non-hydrogen) atoms. The van der Waals surface area contributed by atoms with E-state index in [1.54, 1.807) is 55.5 Å². The first-order chi connectivity index (χ1) is 27.4. The van der Waals surface area contributed by atoms with Crippen molar-refractivity contribution in [1.29, 1.82) is 0 Å². The van der Waals surface area contributed by atoms with Gasteiger partial charge in [-0.3, -0.25) is 19.2 Å². The van der Waals surface area contributed by atoms with Crippen molar-refractivity contribution >= 4 is 43.1 Å². The van der Waals surface area contributed by atoms with Crippen LogP contribution in [-0.4, -0.2) is 57.1 Å². The summed E-state index contributed by atoms with van der Waals surface area (Å²) in [6, 6.07) is 13.6. The summed E-state index contributed by atoms with van der Waals surface area (Å²) in [7, 11) is -1.90. The van der Waals surface area contributed by atoms with Crippen LogP contribution >= 0.6 is 0 Å². The van der Waals surface area contributed by atoms with E-state index in [1.165, 1.54) is 5.57 Å². The van der Waals surface area contributed by atoms with Gasteiger partial charge < -0.3 is 25.5 Å². The SMILES string of the molecule is CC(=O)[C@H]1CC[C@H]2[C@@H]3[C@H](OCCCCCC(=O)Nc4ccc(C(=O)c5ccc(NC(=O)CN)cc5)cc4)C=C4C[C@@H](O[Si](C)(C)C(C)(C)C)CC[C@]4(C)[C@H]3CC[C@]12C. The lowest BCUT2D eigenvalue weighted by Crippen LogP contribution is -2.56. The van der Waals surface area contributed by atoms with E-state index < -0.39 is 8.32 Å². The van der Waals surface area contributed by atoms with Crippen LogP contribution in [0.4, 0.5) is 11.4 Å². The zero-order valence-electron chi connectivity index (χ0n) is 36.4. The van der Waals surface area contributed by atoms with Gasteiger partial charge in [-0.25, -0.2) is 0 Å². The summed E-state index contributed by atoms with van der Waals surface area (Å²) in [5, 5.41) is 5.81. The number of amides is 2. The Labute approximate surface area is 348 Å². The monoisotopic (exact) mass is 811 g/mol. The average Bonchev–Trinajstić information content (AvgIpc) is 3.53. The molecule has 4 aliphatic carbocycles. The van der Waals surface area contributed by atoms with Gasteiger partial charge in [0.25, 0.3) is 0 Å². The van der Waals surface area contributed by atoms with E-state index in [1.807, 2.05) is 0 Å². The maximum absolute atomic E-state index is 13.0. The number of anilines is 2. The first-order valence-electron chi connectivity index (χ1n) is 21.9. The average molecular weight is 812 g/mol. The van der Waals surface area contributed by atoms with E-state index >= 15 is 0 Å². The molecule has 0 saturated heterocycles. The number of benzene rings is 2. The van der Waals surface area contributed by atoms with Crippen LogP contribution in [-0.2, 0) is 23.5 Å². The number of hydrogen-bond acceptors (Lipinski definition) is 7. The Morgan fingerprint density at radius 1 is 0.810 bits per heavy atom. The number of rotatable bonds is 15. The normalized spacial score (nSPS) is 29.4. The summed E-state index contributed by atoms with van der Waals surface area (Å²) < 4.78 is 14.0. The largest absolute Gasteiger partial charge is 0.414 e. The van der Waals surface area contributed by atoms with Crippen LogP contribution in [0, 0.1) is 34.5 Å². The zero-order valence-corrected chi connectivity index (χ0v) is 37.4. The Hall–Kier alpha value is -3.44. The van der Waals surface area contributed by atoms with E-state index in [-0.39, 0.29) is 58.1 Å². The number of unbranched alkanes of at least 4 members (excludes halogenated alkanes) is 2. The molecule has 0 radical (unpaired) electrons. The predicted molar refractivity (Wildman–Crippen MR) is 234 cm³/mol. The number of Topliss-reactive ketones (excluding diaryl/α,β-unsaturated/α-hetero) is 1. The molecule has 316 valence electrons. The molecule has 0 spiro atoms. The number of ether oxygens (including phenoxy) is 1. The molecule has 8 atom stereocenters. The third-order valence-corrected chi connectivity index (χ3v) is 19.8. The lowest BCUT2D eigenvalue weighted by Gasteiger charge is -2.60. The van der Waals surface area contributed by atoms with Crippen LogP contribution in [0.25, 0.3) is 0 Å². The van der Waals surface area contributed by atoms with Crippen LogP contribution < -0.4 is 16.4 Å². The topological polar surface area (TPSA) is 137 Å². The highest BCUT2D eigenvalue weighted by molar-refractivity contribution is 6.74. The molecule has 0 aromatic heterocycles. The van der Waals surface area contributed by atoms with Crippen molar-refractivity contribution in [3.05, 3.63) is 71.3 Å². The van der Waals surface area contributed by atoms with E-state index in [0.29, 0.717) is 59.1 Å². The molecule has 2 aromatic rings. The second-order valence-electron chi connectivity index (χ2n) is 19.9. The molecule has 4 N–H and O–H groups in total. The van der Waals surface area contributed by atoms with Crippen LogP contribution in [0.15, 0.2) is 60.2 Å². The Morgan fingerprint density at radius 2 is 1.43 bits per heavy atom. The molecule has 10 heteroatoms. The molecule has 9 nitrogen and oxygen atoms in total. The fourth-order valence-corrected chi connectivity index (χ4v) is 12.3. The van der Waals surface area contributed by atoms with Gasteiger partial charge >= 0.3 is 0 Å². The van der Waals surface area contributed by atoms with Gasteiger partial charge in [0.15, 0.2) is 14.1 Å². The molecule has 2 aromatic carbocycles. The van der Waals surface area contributed by atoms with Gasteiger partial charge in [0, 0.05) is 47.6 Å². The molecule has 3 fully saturated rings. The van der Waals surface area contributed by atoms with Gasteiger partial charge in [-0.15, -0.1) is 0 Å². The molecular formula is C48H69N3O6Si. The van der Waals surface area contributed by atoms with Crippen molar-refractivity contribution in [3.63, 3.8) is 0 Å². The summed E-state index contributed by atoms with van der Waals surface area (Å²) in [6.45, 7) is 19.0. The molecule has 0 aliphatic heterocycles. The van der Waals surface area contributed by atoms with Crippen LogP contribution in [0.3, 0.4) is 0 Å². The molecule has 0 unspecified atom stereocenters. The molecule has 0 bridgehead atoms. The van der Waals surface area contributed by atoms with Gasteiger partial charge in [-0.05, 0) is 160 Å². The Bertz CT molecular complexity index is 1850. The van der Waals surface area contributed by atoms with Crippen molar-refractivity contribution in [2.45, 2.75) is 143 Å². The molecule has 0 heterocycles. The fraction of sp³-hybridized carbons (Fsp3) is 0.625. The zero-order chi connectivity index (χ0) is 42.0. The minimum absolute atomic E-state index is 0.0385. The maximum Gasteiger partial charge on any atom is 0.238 e. The summed E-state index contributed by atoms with van der Waals surface area (Å²) in [5.41, 5.74) is 9.31. The van der Waals surface area contributed by atoms with E-state index in [2.05, 4.69) is 64.4 Å². The van der Waals surface area contributed by atoms with Gasteiger partial charge in [0.05, 0.1) is 12.6 Å². The second kappa shape index (κ2) is 17.6. The summed E-state index contributed by atoms with van der Waals surface area (Å²) in [5.74, 6) is 1.46. The number of ketones is 2. The van der Waals surface area contributed by atoms with Crippen LogP contribution in [0.5, 0.6) is 0 Å².